The van der Waals surface area contributed by atoms with Crippen molar-refractivity contribution in [2.45, 2.75) is 50.8 Å². The number of amides is 1. The van der Waals surface area contributed by atoms with Gasteiger partial charge in [-0.1, -0.05) is 41.9 Å². The second-order valence-electron chi connectivity index (χ2n) is 5.70. The summed E-state index contributed by atoms with van der Waals surface area (Å²) in [5.41, 5.74) is -0.495. The Hall–Kier alpha value is -1.26. The molecule has 1 amide bonds. The van der Waals surface area contributed by atoms with Gasteiger partial charge in [-0.3, -0.25) is 0 Å². The number of ether oxygens (including phenoxy) is 1. The highest BCUT2D eigenvalue weighted by atomic mass is 35.5. The molecule has 0 unspecified atom stereocenters. The first-order valence-electron chi connectivity index (χ1n) is 6.62. The van der Waals surface area contributed by atoms with Gasteiger partial charge in [0.1, 0.15) is 11.2 Å². The second-order valence-corrected chi connectivity index (χ2v) is 6.21. The third-order valence-electron chi connectivity index (χ3n) is 2.52. The van der Waals surface area contributed by atoms with Gasteiger partial charge in [0.25, 0.3) is 0 Å². The van der Waals surface area contributed by atoms with Crippen LogP contribution < -0.4 is 5.32 Å². The number of hydrogen-bond donors (Lipinski definition) is 2. The van der Waals surface area contributed by atoms with Gasteiger partial charge in [-0.15, -0.1) is 0 Å². The van der Waals surface area contributed by atoms with Crippen molar-refractivity contribution in [1.29, 1.82) is 0 Å². The van der Waals surface area contributed by atoms with E-state index in [0.29, 0.717) is 6.42 Å². The zero-order valence-corrected chi connectivity index (χ0v) is 12.9. The fourth-order valence-corrected chi connectivity index (χ4v) is 2.02. The minimum absolute atomic E-state index is 0.260. The van der Waals surface area contributed by atoms with Gasteiger partial charge in [-0.25, -0.2) is 4.79 Å². The second kappa shape index (κ2) is 7.50. The highest BCUT2D eigenvalue weighted by molar-refractivity contribution is 6.19. The molecule has 20 heavy (non-hydrogen) atoms. The summed E-state index contributed by atoms with van der Waals surface area (Å²) in [7, 11) is 0. The summed E-state index contributed by atoms with van der Waals surface area (Å²) in [6, 6.07) is 9.43. The molecule has 112 valence electrons. The Kier molecular flexibility index (Phi) is 6.30. The predicted octanol–water partition coefficient (Wildman–Crippen LogP) is 3.07. The Morgan fingerprint density at radius 3 is 2.45 bits per heavy atom. The lowest BCUT2D eigenvalue weighted by atomic mass is 10.0. The maximum absolute atomic E-state index is 11.8. The van der Waals surface area contributed by atoms with Crippen LogP contribution in [0, 0.1) is 0 Å². The van der Waals surface area contributed by atoms with E-state index in [2.05, 4.69) is 5.32 Å². The van der Waals surface area contributed by atoms with E-state index in [4.69, 9.17) is 16.3 Å². The van der Waals surface area contributed by atoms with Crippen molar-refractivity contribution in [2.75, 3.05) is 0 Å². The van der Waals surface area contributed by atoms with Gasteiger partial charge in [0, 0.05) is 12.5 Å². The molecular formula is C15H22ClNO3. The third kappa shape index (κ3) is 7.36. The zero-order chi connectivity index (χ0) is 15.2. The van der Waals surface area contributed by atoms with Crippen molar-refractivity contribution >= 4 is 17.7 Å². The number of rotatable bonds is 5. The Morgan fingerprint density at radius 1 is 1.35 bits per heavy atom. The van der Waals surface area contributed by atoms with E-state index in [9.17, 15) is 9.90 Å². The molecule has 0 fully saturated rings. The molecule has 0 bridgehead atoms. The zero-order valence-electron chi connectivity index (χ0n) is 12.1. The lowest BCUT2D eigenvalue weighted by molar-refractivity contribution is 0.0494. The summed E-state index contributed by atoms with van der Waals surface area (Å²) < 4.78 is 5.21. The maximum Gasteiger partial charge on any atom is 0.407 e. The van der Waals surface area contributed by atoms with Gasteiger partial charge in [-0.2, -0.15) is 0 Å². The van der Waals surface area contributed by atoms with Crippen LogP contribution >= 0.6 is 11.6 Å². The number of alkyl carbamates (subject to hydrolysis) is 1. The lowest BCUT2D eigenvalue weighted by Gasteiger charge is -2.24. The van der Waals surface area contributed by atoms with Crippen LogP contribution in [0.4, 0.5) is 4.79 Å². The molecule has 5 heteroatoms. The molecule has 2 atom stereocenters. The highest BCUT2D eigenvalue weighted by Crippen LogP contribution is 2.12. The Balaban J connectivity index is 2.63. The first-order chi connectivity index (χ1) is 9.26. The molecule has 0 aromatic heterocycles. The topological polar surface area (TPSA) is 58.6 Å². The molecule has 0 radical (unpaired) electrons. The molecule has 0 aliphatic heterocycles. The molecule has 1 aromatic carbocycles. The van der Waals surface area contributed by atoms with Crippen LogP contribution in [0.15, 0.2) is 30.3 Å². The van der Waals surface area contributed by atoms with Crippen LogP contribution in [0.3, 0.4) is 0 Å². The number of alkyl halides is 1. The van der Waals surface area contributed by atoms with Gasteiger partial charge in [0.15, 0.2) is 0 Å². The maximum atomic E-state index is 11.8. The fourth-order valence-electron chi connectivity index (χ4n) is 1.80. The summed E-state index contributed by atoms with van der Waals surface area (Å²) in [5.74, 6) is 0. The van der Waals surface area contributed by atoms with Crippen molar-refractivity contribution < 1.29 is 14.6 Å². The van der Waals surface area contributed by atoms with Crippen molar-refractivity contribution in [1.82, 2.24) is 5.32 Å². The number of benzene rings is 1. The van der Waals surface area contributed by atoms with Crippen molar-refractivity contribution in [3.8, 4) is 0 Å². The van der Waals surface area contributed by atoms with Gasteiger partial charge in [0.05, 0.1) is 0 Å². The molecule has 0 saturated heterocycles. The molecule has 1 aromatic rings. The quantitative estimate of drug-likeness (QED) is 0.822. The van der Waals surface area contributed by atoms with Crippen LogP contribution in [0.2, 0.25) is 0 Å². The monoisotopic (exact) mass is 299 g/mol. The molecule has 0 aliphatic carbocycles. The minimum atomic E-state index is -1.00. The average Bonchev–Trinajstić information content (AvgIpc) is 2.26. The normalized spacial score (nSPS) is 14.4. The Bertz CT molecular complexity index is 415. The highest BCUT2D eigenvalue weighted by Gasteiger charge is 2.21. The summed E-state index contributed by atoms with van der Waals surface area (Å²) >= 11 is 5.62. The van der Waals surface area contributed by atoms with E-state index in [1.807, 2.05) is 30.3 Å². The SMILES string of the molecule is CC(C)(C)OC(=O)N[C@H](Cc1ccccc1)C[C@@H](O)Cl. The summed E-state index contributed by atoms with van der Waals surface area (Å²) in [5, 5.41) is 12.1. The van der Waals surface area contributed by atoms with E-state index in [1.54, 1.807) is 20.8 Å². The number of halogens is 1. The smallest absolute Gasteiger partial charge is 0.407 e. The van der Waals surface area contributed by atoms with Crippen LogP contribution in [-0.4, -0.2) is 28.4 Å². The number of hydrogen-bond acceptors (Lipinski definition) is 3. The van der Waals surface area contributed by atoms with Crippen molar-refractivity contribution in [3.05, 3.63) is 35.9 Å². The average molecular weight is 300 g/mol. The number of nitrogens with one attached hydrogen (secondary N) is 1. The minimum Gasteiger partial charge on any atom is -0.444 e. The van der Waals surface area contributed by atoms with Crippen LogP contribution in [0.5, 0.6) is 0 Å². The molecule has 0 aliphatic rings. The van der Waals surface area contributed by atoms with E-state index < -0.39 is 17.3 Å². The molecule has 2 N–H and O–H groups in total. The molecule has 0 spiro atoms. The molecule has 4 nitrogen and oxygen atoms in total. The van der Waals surface area contributed by atoms with Crippen LogP contribution in [-0.2, 0) is 11.2 Å². The number of aliphatic hydroxyl groups is 1. The van der Waals surface area contributed by atoms with Crippen LogP contribution in [0.1, 0.15) is 32.8 Å². The van der Waals surface area contributed by atoms with Gasteiger partial charge in [0.2, 0.25) is 0 Å². The molecule has 0 saturated carbocycles. The van der Waals surface area contributed by atoms with Gasteiger partial charge in [-0.05, 0) is 32.8 Å². The van der Waals surface area contributed by atoms with Crippen LogP contribution in [0.25, 0.3) is 0 Å². The van der Waals surface area contributed by atoms with Gasteiger partial charge < -0.3 is 15.2 Å². The largest absolute Gasteiger partial charge is 0.444 e. The molecule has 1 rings (SSSR count). The third-order valence-corrected chi connectivity index (χ3v) is 2.70. The summed E-state index contributed by atoms with van der Waals surface area (Å²) in [6.07, 6.45) is 0.343. The molecule has 0 heterocycles. The predicted molar refractivity (Wildman–Crippen MR) is 79.8 cm³/mol. The Morgan fingerprint density at radius 2 is 1.95 bits per heavy atom. The van der Waals surface area contributed by atoms with E-state index in [-0.39, 0.29) is 12.5 Å². The van der Waals surface area contributed by atoms with Crippen molar-refractivity contribution in [2.24, 2.45) is 0 Å². The summed E-state index contributed by atoms with van der Waals surface area (Å²) in [6.45, 7) is 5.40. The van der Waals surface area contributed by atoms with Gasteiger partial charge >= 0.3 is 6.09 Å². The van der Waals surface area contributed by atoms with E-state index >= 15 is 0 Å². The molecular weight excluding hydrogens is 278 g/mol. The van der Waals surface area contributed by atoms with Crippen molar-refractivity contribution in [3.63, 3.8) is 0 Å². The number of aliphatic hydroxyl groups excluding tert-OH is 1. The lowest BCUT2D eigenvalue weighted by Crippen LogP contribution is -2.41. The van der Waals surface area contributed by atoms with E-state index in [1.165, 1.54) is 0 Å². The first kappa shape index (κ1) is 16.8. The Labute approximate surface area is 125 Å². The number of carbonyl (C=O) groups is 1. The van der Waals surface area contributed by atoms with E-state index in [0.717, 1.165) is 5.56 Å². The summed E-state index contributed by atoms with van der Waals surface area (Å²) in [4.78, 5) is 11.8. The first-order valence-corrected chi connectivity index (χ1v) is 7.05. The number of carbonyl (C=O) groups excluding carboxylic acids is 1. The standard InChI is InChI=1S/C15H22ClNO3/c1-15(2,3)20-14(19)17-12(10-13(16)18)9-11-7-5-4-6-8-11/h4-8,12-13,18H,9-10H2,1-3H3,(H,17,19)/t12-,13-/m1/s1. The fraction of sp³-hybridized carbons (Fsp3) is 0.533.